The molecule has 0 amide bonds. The Balaban J connectivity index is 2.33. The van der Waals surface area contributed by atoms with Crippen molar-refractivity contribution < 1.29 is 19.8 Å². The Morgan fingerprint density at radius 2 is 1.91 bits per heavy atom. The standard InChI is InChI=1S/C17H20N2O4/c1-17(2,10-20)16(23)15(22)13-7-6-12(19(13)3)14(21)11-5-4-8-18-9-11/h4-9,16,20,23H,10H2,1-3H3/t16-/m0/s1. The van der Waals surface area contributed by atoms with E-state index >= 15 is 0 Å². The Morgan fingerprint density at radius 3 is 2.48 bits per heavy atom. The molecular weight excluding hydrogens is 296 g/mol. The maximum absolute atomic E-state index is 12.5. The first-order valence-corrected chi connectivity index (χ1v) is 7.23. The van der Waals surface area contributed by atoms with Crippen LogP contribution in [0.3, 0.4) is 0 Å². The molecule has 0 spiro atoms. The molecule has 2 aromatic rings. The van der Waals surface area contributed by atoms with Crippen LogP contribution in [-0.2, 0) is 7.05 Å². The molecule has 2 heterocycles. The number of carbonyl (C=O) groups excluding carboxylic acids is 2. The van der Waals surface area contributed by atoms with E-state index in [9.17, 15) is 19.8 Å². The zero-order valence-corrected chi connectivity index (χ0v) is 13.4. The van der Waals surface area contributed by atoms with E-state index in [1.165, 1.54) is 16.8 Å². The first kappa shape index (κ1) is 17.1. The van der Waals surface area contributed by atoms with Gasteiger partial charge in [-0.1, -0.05) is 13.8 Å². The molecule has 0 saturated heterocycles. The summed E-state index contributed by atoms with van der Waals surface area (Å²) < 4.78 is 1.45. The summed E-state index contributed by atoms with van der Waals surface area (Å²) in [4.78, 5) is 28.8. The number of aromatic nitrogens is 2. The second-order valence-corrected chi connectivity index (χ2v) is 6.15. The fourth-order valence-corrected chi connectivity index (χ4v) is 2.21. The van der Waals surface area contributed by atoms with Gasteiger partial charge in [0.1, 0.15) is 6.10 Å². The summed E-state index contributed by atoms with van der Waals surface area (Å²) in [6.07, 6.45) is 1.67. The van der Waals surface area contributed by atoms with Crippen molar-refractivity contribution in [2.75, 3.05) is 6.61 Å². The van der Waals surface area contributed by atoms with E-state index in [1.54, 1.807) is 45.3 Å². The minimum atomic E-state index is -1.36. The van der Waals surface area contributed by atoms with Crippen LogP contribution >= 0.6 is 0 Å². The molecule has 2 aromatic heterocycles. The van der Waals surface area contributed by atoms with Crippen molar-refractivity contribution in [3.05, 3.63) is 53.6 Å². The first-order chi connectivity index (χ1) is 10.8. The Bertz CT molecular complexity index is 719. The number of nitrogens with zero attached hydrogens (tertiary/aromatic N) is 2. The highest BCUT2D eigenvalue weighted by atomic mass is 16.3. The summed E-state index contributed by atoms with van der Waals surface area (Å²) in [6.45, 7) is 2.87. The van der Waals surface area contributed by atoms with Crippen LogP contribution in [0.4, 0.5) is 0 Å². The predicted octanol–water partition coefficient (Wildman–Crippen LogP) is 1.21. The third-order valence-electron chi connectivity index (χ3n) is 3.93. The van der Waals surface area contributed by atoms with Crippen LogP contribution in [0, 0.1) is 5.41 Å². The van der Waals surface area contributed by atoms with Gasteiger partial charge in [-0.2, -0.15) is 0 Å². The van der Waals surface area contributed by atoms with Gasteiger partial charge in [-0.25, -0.2) is 0 Å². The number of hydrogen-bond donors (Lipinski definition) is 2. The molecule has 2 rings (SSSR count). The number of hydrogen-bond acceptors (Lipinski definition) is 5. The monoisotopic (exact) mass is 316 g/mol. The normalized spacial score (nSPS) is 12.9. The zero-order chi connectivity index (χ0) is 17.2. The van der Waals surface area contributed by atoms with Gasteiger partial charge in [0.25, 0.3) is 0 Å². The Hall–Kier alpha value is -2.31. The summed E-state index contributed by atoms with van der Waals surface area (Å²) in [6, 6.07) is 6.35. The molecule has 1 atom stereocenters. The second-order valence-electron chi connectivity index (χ2n) is 6.15. The van der Waals surface area contributed by atoms with Gasteiger partial charge < -0.3 is 14.8 Å². The Kier molecular flexibility index (Phi) is 4.77. The van der Waals surface area contributed by atoms with Crippen LogP contribution in [0.25, 0.3) is 0 Å². The number of aliphatic hydroxyl groups excluding tert-OH is 2. The zero-order valence-electron chi connectivity index (χ0n) is 13.4. The van der Waals surface area contributed by atoms with Crippen LogP contribution in [-0.4, -0.2) is 44.0 Å². The number of Topliss-reactive ketones (excluding diaryl/α,β-unsaturated/α-hetero) is 1. The quantitative estimate of drug-likeness (QED) is 0.782. The highest BCUT2D eigenvalue weighted by molar-refractivity contribution is 6.09. The fraction of sp³-hybridized carbons (Fsp3) is 0.353. The lowest BCUT2D eigenvalue weighted by atomic mass is 9.84. The van der Waals surface area contributed by atoms with E-state index in [1.807, 2.05) is 0 Å². The largest absolute Gasteiger partial charge is 0.396 e. The average Bonchev–Trinajstić information content (AvgIpc) is 2.95. The number of aliphatic hydroxyl groups is 2. The number of ketones is 2. The highest BCUT2D eigenvalue weighted by Gasteiger charge is 2.35. The Labute approximate surface area is 134 Å². The summed E-state index contributed by atoms with van der Waals surface area (Å²) in [7, 11) is 1.59. The van der Waals surface area contributed by atoms with Crippen molar-refractivity contribution in [3.63, 3.8) is 0 Å². The first-order valence-electron chi connectivity index (χ1n) is 7.23. The van der Waals surface area contributed by atoms with Gasteiger partial charge >= 0.3 is 0 Å². The van der Waals surface area contributed by atoms with E-state index < -0.39 is 17.3 Å². The molecule has 2 N–H and O–H groups in total. The van der Waals surface area contributed by atoms with Gasteiger partial charge in [-0.05, 0) is 24.3 Å². The van der Waals surface area contributed by atoms with E-state index in [0.29, 0.717) is 11.3 Å². The van der Waals surface area contributed by atoms with Crippen molar-refractivity contribution in [1.82, 2.24) is 9.55 Å². The van der Waals surface area contributed by atoms with Crippen LogP contribution in [0.2, 0.25) is 0 Å². The minimum Gasteiger partial charge on any atom is -0.396 e. The fourth-order valence-electron chi connectivity index (χ4n) is 2.21. The third-order valence-corrected chi connectivity index (χ3v) is 3.93. The molecule has 0 saturated carbocycles. The summed E-state index contributed by atoms with van der Waals surface area (Å²) in [5.41, 5.74) is 0.0000602. The van der Waals surface area contributed by atoms with E-state index in [4.69, 9.17) is 0 Å². The smallest absolute Gasteiger partial charge is 0.210 e. The molecule has 23 heavy (non-hydrogen) atoms. The molecule has 6 nitrogen and oxygen atoms in total. The van der Waals surface area contributed by atoms with Gasteiger partial charge in [-0.15, -0.1) is 0 Å². The summed E-state index contributed by atoms with van der Waals surface area (Å²) >= 11 is 0. The topological polar surface area (TPSA) is 92.4 Å². The van der Waals surface area contributed by atoms with Crippen molar-refractivity contribution in [2.45, 2.75) is 20.0 Å². The highest BCUT2D eigenvalue weighted by Crippen LogP contribution is 2.24. The lowest BCUT2D eigenvalue weighted by Crippen LogP contribution is -2.40. The maximum atomic E-state index is 12.5. The minimum absolute atomic E-state index is 0.214. The molecule has 0 aliphatic carbocycles. The van der Waals surface area contributed by atoms with E-state index in [-0.39, 0.29) is 18.1 Å². The molecule has 0 radical (unpaired) electrons. The van der Waals surface area contributed by atoms with Gasteiger partial charge in [0, 0.05) is 30.4 Å². The van der Waals surface area contributed by atoms with Crippen LogP contribution in [0.1, 0.15) is 40.4 Å². The van der Waals surface area contributed by atoms with Crippen molar-refractivity contribution in [2.24, 2.45) is 12.5 Å². The van der Waals surface area contributed by atoms with E-state index in [2.05, 4.69) is 4.98 Å². The van der Waals surface area contributed by atoms with Crippen LogP contribution in [0.15, 0.2) is 36.7 Å². The summed E-state index contributed by atoms with van der Waals surface area (Å²) in [5, 5.41) is 19.5. The number of carbonyl (C=O) groups is 2. The summed E-state index contributed by atoms with van der Waals surface area (Å²) in [5.74, 6) is -0.785. The number of pyridine rings is 1. The average molecular weight is 316 g/mol. The molecule has 6 heteroatoms. The molecule has 0 aromatic carbocycles. The van der Waals surface area contributed by atoms with Crippen LogP contribution < -0.4 is 0 Å². The molecule has 0 unspecified atom stereocenters. The third kappa shape index (κ3) is 3.23. The van der Waals surface area contributed by atoms with E-state index in [0.717, 1.165) is 0 Å². The van der Waals surface area contributed by atoms with Gasteiger partial charge in [-0.3, -0.25) is 14.6 Å². The molecular formula is C17H20N2O4. The molecule has 0 aliphatic rings. The lowest BCUT2D eigenvalue weighted by molar-refractivity contribution is 0.0123. The molecule has 0 aliphatic heterocycles. The second kappa shape index (κ2) is 6.44. The van der Waals surface area contributed by atoms with Gasteiger partial charge in [0.15, 0.2) is 0 Å². The van der Waals surface area contributed by atoms with Crippen molar-refractivity contribution >= 4 is 11.6 Å². The van der Waals surface area contributed by atoms with Gasteiger partial charge in [0.2, 0.25) is 11.6 Å². The maximum Gasteiger partial charge on any atom is 0.210 e. The SMILES string of the molecule is Cn1c(C(=O)c2cccnc2)ccc1C(=O)[C@H](O)C(C)(C)CO. The molecule has 122 valence electrons. The molecule has 0 fully saturated rings. The lowest BCUT2D eigenvalue weighted by Gasteiger charge is -2.27. The van der Waals surface area contributed by atoms with Crippen molar-refractivity contribution in [1.29, 1.82) is 0 Å². The molecule has 0 bridgehead atoms. The Morgan fingerprint density at radius 1 is 1.26 bits per heavy atom. The number of rotatable bonds is 6. The van der Waals surface area contributed by atoms with Crippen molar-refractivity contribution in [3.8, 4) is 0 Å². The van der Waals surface area contributed by atoms with Gasteiger partial charge in [0.05, 0.1) is 18.0 Å². The van der Waals surface area contributed by atoms with Crippen LogP contribution in [0.5, 0.6) is 0 Å². The predicted molar refractivity (Wildman–Crippen MR) is 84.3 cm³/mol.